The average Bonchev–Trinajstić information content (AvgIpc) is 3.10. The number of aryl methyl sites for hydroxylation is 1. The number of nitrogens with one attached hydrogen (secondary N) is 1. The number of amides is 2. The van der Waals surface area contributed by atoms with Crippen LogP contribution >= 0.6 is 0 Å². The molecule has 2 aromatic rings. The molecule has 1 fully saturated rings. The third-order valence-corrected chi connectivity index (χ3v) is 5.01. The predicted octanol–water partition coefficient (Wildman–Crippen LogP) is 2.67. The maximum Gasteiger partial charge on any atom is 0.274 e. The second-order valence-corrected chi connectivity index (χ2v) is 6.98. The molecule has 29 heavy (non-hydrogen) atoms. The van der Waals surface area contributed by atoms with E-state index in [0.717, 1.165) is 0 Å². The lowest BCUT2D eigenvalue weighted by atomic mass is 10.1. The van der Waals surface area contributed by atoms with Crippen LogP contribution in [0.4, 0.5) is 17.1 Å². The number of nitro benzene ring substituents is 1. The SMILES string of the molecule is Cc1ccc(NC(=O)[C@H]2CC(=O)N(c3ccc4c(c3)OCCO4)C2)cc1[N+](=O)[O-]. The summed E-state index contributed by atoms with van der Waals surface area (Å²) in [5.74, 6) is 0.118. The third kappa shape index (κ3) is 3.71. The summed E-state index contributed by atoms with van der Waals surface area (Å²) in [7, 11) is 0. The Morgan fingerprint density at radius 1 is 1.17 bits per heavy atom. The number of nitro groups is 1. The van der Waals surface area contributed by atoms with Crippen LogP contribution in [0.2, 0.25) is 0 Å². The number of ether oxygens (including phenoxy) is 2. The molecule has 0 aromatic heterocycles. The number of anilines is 2. The summed E-state index contributed by atoms with van der Waals surface area (Å²) >= 11 is 0. The molecule has 0 saturated carbocycles. The van der Waals surface area contributed by atoms with Crippen molar-refractivity contribution in [3.05, 3.63) is 52.1 Å². The van der Waals surface area contributed by atoms with Gasteiger partial charge in [0.1, 0.15) is 13.2 Å². The van der Waals surface area contributed by atoms with Gasteiger partial charge in [0.15, 0.2) is 11.5 Å². The van der Waals surface area contributed by atoms with Crippen LogP contribution in [0.5, 0.6) is 11.5 Å². The van der Waals surface area contributed by atoms with Crippen molar-refractivity contribution in [1.82, 2.24) is 0 Å². The number of hydrogen-bond acceptors (Lipinski definition) is 6. The van der Waals surface area contributed by atoms with Crippen molar-refractivity contribution >= 4 is 28.9 Å². The molecule has 0 bridgehead atoms. The Morgan fingerprint density at radius 2 is 1.93 bits per heavy atom. The molecule has 2 aromatic carbocycles. The summed E-state index contributed by atoms with van der Waals surface area (Å²) in [5, 5.41) is 13.8. The monoisotopic (exact) mass is 397 g/mol. The first-order valence-electron chi connectivity index (χ1n) is 9.18. The summed E-state index contributed by atoms with van der Waals surface area (Å²) < 4.78 is 11.0. The van der Waals surface area contributed by atoms with E-state index in [9.17, 15) is 19.7 Å². The maximum atomic E-state index is 12.6. The fraction of sp³-hybridized carbons (Fsp3) is 0.300. The van der Waals surface area contributed by atoms with Gasteiger partial charge < -0.3 is 19.7 Å². The van der Waals surface area contributed by atoms with Gasteiger partial charge in [0.2, 0.25) is 11.8 Å². The number of carbonyl (C=O) groups excluding carboxylic acids is 2. The Kier molecular flexibility index (Phi) is 4.79. The number of benzene rings is 2. The third-order valence-electron chi connectivity index (χ3n) is 5.01. The lowest BCUT2D eigenvalue weighted by Gasteiger charge is -2.22. The smallest absolute Gasteiger partial charge is 0.274 e. The molecule has 2 aliphatic rings. The largest absolute Gasteiger partial charge is 0.486 e. The van der Waals surface area contributed by atoms with Crippen LogP contribution in [0.15, 0.2) is 36.4 Å². The van der Waals surface area contributed by atoms with E-state index in [2.05, 4.69) is 5.32 Å². The van der Waals surface area contributed by atoms with Crippen molar-refractivity contribution in [3.8, 4) is 11.5 Å². The molecule has 0 unspecified atom stereocenters. The van der Waals surface area contributed by atoms with E-state index in [1.54, 1.807) is 42.2 Å². The summed E-state index contributed by atoms with van der Waals surface area (Å²) in [6.07, 6.45) is 0.0637. The Bertz CT molecular complexity index is 1010. The molecular weight excluding hydrogens is 378 g/mol. The molecule has 9 nitrogen and oxygen atoms in total. The maximum absolute atomic E-state index is 12.6. The highest BCUT2D eigenvalue weighted by Crippen LogP contribution is 2.36. The minimum absolute atomic E-state index is 0.0637. The van der Waals surface area contributed by atoms with Crippen molar-refractivity contribution in [2.45, 2.75) is 13.3 Å². The van der Waals surface area contributed by atoms with Crippen LogP contribution in [0.25, 0.3) is 0 Å². The predicted molar refractivity (Wildman–Crippen MR) is 104 cm³/mol. The zero-order valence-corrected chi connectivity index (χ0v) is 15.7. The second-order valence-electron chi connectivity index (χ2n) is 6.98. The zero-order chi connectivity index (χ0) is 20.5. The fourth-order valence-corrected chi connectivity index (χ4v) is 3.46. The Labute approximate surface area is 166 Å². The molecule has 0 aliphatic carbocycles. The van der Waals surface area contributed by atoms with E-state index in [1.807, 2.05) is 0 Å². The van der Waals surface area contributed by atoms with Gasteiger partial charge in [-0.25, -0.2) is 0 Å². The Balaban J connectivity index is 1.47. The molecule has 1 N–H and O–H groups in total. The molecule has 2 amide bonds. The first-order valence-corrected chi connectivity index (χ1v) is 9.18. The van der Waals surface area contributed by atoms with E-state index in [4.69, 9.17) is 9.47 Å². The van der Waals surface area contributed by atoms with Crippen molar-refractivity contribution in [2.24, 2.45) is 5.92 Å². The van der Waals surface area contributed by atoms with Crippen molar-refractivity contribution in [1.29, 1.82) is 0 Å². The molecule has 150 valence electrons. The van der Waals surface area contributed by atoms with Crippen molar-refractivity contribution < 1.29 is 24.0 Å². The minimum atomic E-state index is -0.559. The quantitative estimate of drug-likeness (QED) is 0.627. The van der Waals surface area contributed by atoms with E-state index < -0.39 is 10.8 Å². The van der Waals surface area contributed by atoms with Gasteiger partial charge in [-0.05, 0) is 25.1 Å². The van der Waals surface area contributed by atoms with Gasteiger partial charge in [-0.1, -0.05) is 6.07 Å². The molecule has 9 heteroatoms. The summed E-state index contributed by atoms with van der Waals surface area (Å²) in [5.41, 5.74) is 1.41. The fourth-order valence-electron chi connectivity index (χ4n) is 3.46. The topological polar surface area (TPSA) is 111 Å². The van der Waals surface area contributed by atoms with Crippen LogP contribution in [-0.2, 0) is 9.59 Å². The summed E-state index contributed by atoms with van der Waals surface area (Å²) in [4.78, 5) is 37.2. The molecule has 2 heterocycles. The van der Waals surface area contributed by atoms with Crippen molar-refractivity contribution in [3.63, 3.8) is 0 Å². The number of carbonyl (C=O) groups is 2. The number of fused-ring (bicyclic) bond motifs is 1. The molecule has 0 spiro atoms. The van der Waals surface area contributed by atoms with Crippen LogP contribution < -0.4 is 19.7 Å². The first-order chi connectivity index (χ1) is 13.9. The van der Waals surface area contributed by atoms with Crippen molar-refractivity contribution in [2.75, 3.05) is 30.0 Å². The van der Waals surface area contributed by atoms with Gasteiger partial charge in [-0.3, -0.25) is 19.7 Å². The zero-order valence-electron chi connectivity index (χ0n) is 15.7. The number of rotatable bonds is 4. The number of nitrogens with zero attached hydrogens (tertiary/aromatic N) is 2. The van der Waals surface area contributed by atoms with Gasteiger partial charge in [0.05, 0.1) is 10.8 Å². The highest BCUT2D eigenvalue weighted by molar-refractivity contribution is 6.03. The van der Waals surface area contributed by atoms with Gasteiger partial charge >= 0.3 is 0 Å². The van der Waals surface area contributed by atoms with E-state index in [0.29, 0.717) is 41.7 Å². The molecule has 1 atom stereocenters. The van der Waals surface area contributed by atoms with Gasteiger partial charge in [0, 0.05) is 42.0 Å². The highest BCUT2D eigenvalue weighted by Gasteiger charge is 2.35. The van der Waals surface area contributed by atoms with Crippen LogP contribution in [-0.4, -0.2) is 36.5 Å². The van der Waals surface area contributed by atoms with Gasteiger partial charge in [-0.2, -0.15) is 0 Å². The summed E-state index contributed by atoms with van der Waals surface area (Å²) in [6, 6.07) is 9.74. The molecule has 1 saturated heterocycles. The number of hydrogen-bond donors (Lipinski definition) is 1. The van der Waals surface area contributed by atoms with E-state index >= 15 is 0 Å². The standard InChI is InChI=1S/C20H19N3O6/c1-12-2-3-14(9-16(12)23(26)27)21-20(25)13-8-19(24)22(11-13)15-4-5-17-18(10-15)29-7-6-28-17/h2-5,9-10,13H,6-8,11H2,1H3,(H,21,25)/t13-/m0/s1. The lowest BCUT2D eigenvalue weighted by molar-refractivity contribution is -0.385. The molecule has 4 rings (SSSR count). The Morgan fingerprint density at radius 3 is 2.69 bits per heavy atom. The van der Waals surface area contributed by atoms with Crippen LogP contribution in [0.3, 0.4) is 0 Å². The summed E-state index contributed by atoms with van der Waals surface area (Å²) in [6.45, 7) is 2.77. The first kappa shape index (κ1) is 18.7. The molecule has 2 aliphatic heterocycles. The Hall–Kier alpha value is -3.62. The van der Waals surface area contributed by atoms with E-state index in [1.165, 1.54) is 6.07 Å². The molecule has 0 radical (unpaired) electrons. The van der Waals surface area contributed by atoms with Crippen LogP contribution in [0, 0.1) is 23.0 Å². The minimum Gasteiger partial charge on any atom is -0.486 e. The second kappa shape index (κ2) is 7.42. The average molecular weight is 397 g/mol. The van der Waals surface area contributed by atoms with Crippen LogP contribution in [0.1, 0.15) is 12.0 Å². The normalized spacial score (nSPS) is 17.9. The highest BCUT2D eigenvalue weighted by atomic mass is 16.6. The van der Waals surface area contributed by atoms with E-state index in [-0.39, 0.29) is 30.5 Å². The van der Waals surface area contributed by atoms with Gasteiger partial charge in [-0.15, -0.1) is 0 Å². The molecular formula is C20H19N3O6. The van der Waals surface area contributed by atoms with Gasteiger partial charge in [0.25, 0.3) is 5.69 Å². The lowest BCUT2D eigenvalue weighted by Crippen LogP contribution is -2.28.